The number of carbonyl (C=O) groups excluding carboxylic acids is 1. The van der Waals surface area contributed by atoms with Crippen molar-refractivity contribution in [2.45, 2.75) is 0 Å². The van der Waals surface area contributed by atoms with Crippen LogP contribution in [0.2, 0.25) is 0 Å². The fourth-order valence-electron chi connectivity index (χ4n) is 2.15. The van der Waals surface area contributed by atoms with Gasteiger partial charge in [-0.05, 0) is 52.3 Å². The number of aromatic nitrogens is 2. The van der Waals surface area contributed by atoms with Crippen molar-refractivity contribution in [1.82, 2.24) is 9.78 Å². The standard InChI is InChI=1S/C16H8BrF3N2O/c17-16-12(8-23)15(11-2-1-3-13(19)14(11)20)21-22(16)10-6-4-9(18)5-7-10/h1-8H. The summed E-state index contributed by atoms with van der Waals surface area (Å²) >= 11 is 3.22. The Hall–Kier alpha value is -2.41. The van der Waals surface area contributed by atoms with Crippen LogP contribution in [0.1, 0.15) is 10.4 Å². The minimum Gasteiger partial charge on any atom is -0.298 e. The van der Waals surface area contributed by atoms with E-state index in [1.54, 1.807) is 0 Å². The molecule has 0 spiro atoms. The summed E-state index contributed by atoms with van der Waals surface area (Å²) < 4.78 is 42.0. The molecule has 0 aliphatic rings. The highest BCUT2D eigenvalue weighted by Crippen LogP contribution is 2.32. The minimum absolute atomic E-state index is 0.00630. The van der Waals surface area contributed by atoms with Gasteiger partial charge in [0.2, 0.25) is 0 Å². The molecule has 0 saturated heterocycles. The van der Waals surface area contributed by atoms with Gasteiger partial charge in [-0.2, -0.15) is 5.10 Å². The van der Waals surface area contributed by atoms with E-state index in [9.17, 15) is 18.0 Å². The molecule has 0 unspecified atom stereocenters. The zero-order chi connectivity index (χ0) is 16.6. The summed E-state index contributed by atoms with van der Waals surface area (Å²) in [6.07, 6.45) is 0.497. The summed E-state index contributed by atoms with van der Waals surface area (Å²) in [5.41, 5.74) is 0.394. The molecular formula is C16H8BrF3N2O. The molecule has 0 atom stereocenters. The van der Waals surface area contributed by atoms with Gasteiger partial charge in [0.25, 0.3) is 0 Å². The van der Waals surface area contributed by atoms with Crippen LogP contribution in [0.4, 0.5) is 13.2 Å². The smallest absolute Gasteiger partial charge is 0.168 e. The lowest BCUT2D eigenvalue weighted by atomic mass is 10.1. The highest BCUT2D eigenvalue weighted by Gasteiger charge is 2.21. The maximum Gasteiger partial charge on any atom is 0.168 e. The van der Waals surface area contributed by atoms with E-state index < -0.39 is 17.5 Å². The summed E-state index contributed by atoms with van der Waals surface area (Å²) in [6.45, 7) is 0. The van der Waals surface area contributed by atoms with E-state index in [0.29, 0.717) is 12.0 Å². The van der Waals surface area contributed by atoms with Gasteiger partial charge in [-0.15, -0.1) is 0 Å². The van der Waals surface area contributed by atoms with Crippen molar-refractivity contribution >= 4 is 22.2 Å². The molecule has 3 nitrogen and oxygen atoms in total. The van der Waals surface area contributed by atoms with E-state index in [1.807, 2.05) is 0 Å². The second-order valence-electron chi connectivity index (χ2n) is 4.66. The highest BCUT2D eigenvalue weighted by atomic mass is 79.9. The van der Waals surface area contributed by atoms with Crippen LogP contribution in [0, 0.1) is 17.5 Å². The van der Waals surface area contributed by atoms with E-state index in [4.69, 9.17) is 0 Å². The first-order valence-electron chi connectivity index (χ1n) is 6.47. The van der Waals surface area contributed by atoms with Crippen molar-refractivity contribution in [3.63, 3.8) is 0 Å². The number of aldehydes is 1. The molecule has 0 aliphatic carbocycles. The lowest BCUT2D eigenvalue weighted by Crippen LogP contribution is -1.97. The van der Waals surface area contributed by atoms with Crippen LogP contribution < -0.4 is 0 Å². The molecule has 1 heterocycles. The first kappa shape index (κ1) is 15.5. The molecule has 0 fully saturated rings. The van der Waals surface area contributed by atoms with Gasteiger partial charge in [0.1, 0.15) is 16.1 Å². The number of hydrogen-bond donors (Lipinski definition) is 0. The fourth-order valence-corrected chi connectivity index (χ4v) is 2.72. The van der Waals surface area contributed by atoms with Crippen molar-refractivity contribution in [3.8, 4) is 16.9 Å². The Bertz CT molecular complexity index is 891. The number of rotatable bonds is 3. The molecule has 116 valence electrons. The summed E-state index contributed by atoms with van der Waals surface area (Å²) in [4.78, 5) is 11.4. The van der Waals surface area contributed by atoms with Crippen molar-refractivity contribution in [1.29, 1.82) is 0 Å². The van der Waals surface area contributed by atoms with Crippen LogP contribution in [0.3, 0.4) is 0 Å². The Labute approximate surface area is 137 Å². The maximum atomic E-state index is 14.0. The normalized spacial score (nSPS) is 10.8. The van der Waals surface area contributed by atoms with Gasteiger partial charge in [0, 0.05) is 5.56 Å². The third kappa shape index (κ3) is 2.68. The number of hydrogen-bond acceptors (Lipinski definition) is 2. The number of halogens is 4. The van der Waals surface area contributed by atoms with Gasteiger partial charge < -0.3 is 0 Å². The molecule has 3 aromatic rings. The summed E-state index contributed by atoms with van der Waals surface area (Å²) in [6, 6.07) is 8.99. The lowest BCUT2D eigenvalue weighted by Gasteiger charge is -2.03. The van der Waals surface area contributed by atoms with Crippen LogP contribution in [-0.4, -0.2) is 16.1 Å². The second kappa shape index (κ2) is 6.00. The summed E-state index contributed by atoms with van der Waals surface area (Å²) in [5, 5.41) is 4.16. The lowest BCUT2D eigenvalue weighted by molar-refractivity contribution is 0.112. The summed E-state index contributed by atoms with van der Waals surface area (Å²) in [7, 11) is 0. The van der Waals surface area contributed by atoms with Gasteiger partial charge in [-0.1, -0.05) is 6.07 Å². The van der Waals surface area contributed by atoms with E-state index in [0.717, 1.165) is 6.07 Å². The highest BCUT2D eigenvalue weighted by molar-refractivity contribution is 9.10. The number of benzene rings is 2. The number of carbonyl (C=O) groups is 1. The first-order chi connectivity index (χ1) is 11.0. The monoisotopic (exact) mass is 380 g/mol. The molecule has 1 aromatic heterocycles. The van der Waals surface area contributed by atoms with Gasteiger partial charge >= 0.3 is 0 Å². The molecule has 0 saturated carbocycles. The first-order valence-corrected chi connectivity index (χ1v) is 7.26. The number of nitrogens with zero attached hydrogens (tertiary/aromatic N) is 2. The van der Waals surface area contributed by atoms with Crippen LogP contribution in [0.25, 0.3) is 16.9 Å². The van der Waals surface area contributed by atoms with Crippen molar-refractivity contribution < 1.29 is 18.0 Å². The van der Waals surface area contributed by atoms with Gasteiger partial charge in [0.15, 0.2) is 17.9 Å². The average Bonchev–Trinajstić information content (AvgIpc) is 2.87. The van der Waals surface area contributed by atoms with E-state index in [2.05, 4.69) is 21.0 Å². The van der Waals surface area contributed by atoms with E-state index in [1.165, 1.54) is 41.1 Å². The van der Waals surface area contributed by atoms with Gasteiger partial charge in [0.05, 0.1) is 11.3 Å². The Balaban J connectivity index is 2.23. The third-order valence-corrected chi connectivity index (χ3v) is 4.02. The molecule has 3 rings (SSSR count). The minimum atomic E-state index is -1.09. The molecule has 0 bridgehead atoms. The van der Waals surface area contributed by atoms with Gasteiger partial charge in [-0.3, -0.25) is 4.79 Å². The Morgan fingerprint density at radius 3 is 2.39 bits per heavy atom. The predicted octanol–water partition coefficient (Wildman–Crippen LogP) is 4.53. The van der Waals surface area contributed by atoms with Crippen LogP contribution in [0.15, 0.2) is 47.1 Å². The molecule has 0 aliphatic heterocycles. The molecule has 0 N–H and O–H groups in total. The van der Waals surface area contributed by atoms with Crippen molar-refractivity contribution in [2.75, 3.05) is 0 Å². The van der Waals surface area contributed by atoms with Crippen LogP contribution >= 0.6 is 15.9 Å². The van der Waals surface area contributed by atoms with Crippen molar-refractivity contribution in [3.05, 3.63) is 70.1 Å². The van der Waals surface area contributed by atoms with Gasteiger partial charge in [-0.25, -0.2) is 17.9 Å². The molecular weight excluding hydrogens is 373 g/mol. The maximum absolute atomic E-state index is 14.0. The predicted molar refractivity (Wildman–Crippen MR) is 82.0 cm³/mol. The topological polar surface area (TPSA) is 34.9 Å². The molecule has 7 heteroatoms. The zero-order valence-corrected chi connectivity index (χ0v) is 13.0. The Morgan fingerprint density at radius 2 is 1.74 bits per heavy atom. The summed E-state index contributed by atoms with van der Waals surface area (Å²) in [5.74, 6) is -2.55. The third-order valence-electron chi connectivity index (χ3n) is 3.26. The molecule has 0 radical (unpaired) electrons. The molecule has 2 aromatic carbocycles. The molecule has 23 heavy (non-hydrogen) atoms. The SMILES string of the molecule is O=Cc1c(-c2cccc(F)c2F)nn(-c2ccc(F)cc2)c1Br. The Kier molecular flexibility index (Phi) is 4.04. The van der Waals surface area contributed by atoms with E-state index in [-0.39, 0.29) is 21.4 Å². The second-order valence-corrected chi connectivity index (χ2v) is 5.41. The zero-order valence-electron chi connectivity index (χ0n) is 11.4. The quantitative estimate of drug-likeness (QED) is 0.625. The largest absolute Gasteiger partial charge is 0.298 e. The fraction of sp³-hybridized carbons (Fsp3) is 0. The van der Waals surface area contributed by atoms with E-state index >= 15 is 0 Å². The Morgan fingerprint density at radius 1 is 1.04 bits per heavy atom. The average molecular weight is 381 g/mol. The molecule has 0 amide bonds. The van der Waals surface area contributed by atoms with Crippen molar-refractivity contribution in [2.24, 2.45) is 0 Å². The van der Waals surface area contributed by atoms with Crippen LogP contribution in [-0.2, 0) is 0 Å². The van der Waals surface area contributed by atoms with Crippen LogP contribution in [0.5, 0.6) is 0 Å².